The van der Waals surface area contributed by atoms with E-state index in [4.69, 9.17) is 0 Å². The van der Waals surface area contributed by atoms with Crippen LogP contribution >= 0.6 is 11.8 Å². The average Bonchev–Trinajstić information content (AvgIpc) is 2.36. The molecule has 1 aromatic rings. The van der Waals surface area contributed by atoms with Gasteiger partial charge in [0.25, 0.3) is 0 Å². The van der Waals surface area contributed by atoms with Crippen LogP contribution in [0.1, 0.15) is 58.8 Å². The van der Waals surface area contributed by atoms with E-state index in [9.17, 15) is 0 Å². The van der Waals surface area contributed by atoms with Gasteiger partial charge in [0.2, 0.25) is 0 Å². The molecule has 17 heavy (non-hydrogen) atoms. The van der Waals surface area contributed by atoms with Crippen LogP contribution < -0.4 is 0 Å². The monoisotopic (exact) mass is 250 g/mol. The lowest BCUT2D eigenvalue weighted by Crippen LogP contribution is -2.02. The van der Waals surface area contributed by atoms with Gasteiger partial charge in [-0.05, 0) is 25.0 Å². The maximum Gasteiger partial charge on any atom is 0.00943 e. The van der Waals surface area contributed by atoms with Crippen LogP contribution in [-0.4, -0.2) is 5.25 Å². The molecule has 0 nitrogen and oxygen atoms in total. The molecular formula is C16H26S. The predicted octanol–water partition coefficient (Wildman–Crippen LogP) is 5.92. The second kappa shape index (κ2) is 9.58. The lowest BCUT2D eigenvalue weighted by Gasteiger charge is -2.15. The Bertz CT molecular complexity index is 268. The number of hydrogen-bond donors (Lipinski definition) is 0. The van der Waals surface area contributed by atoms with Gasteiger partial charge in [0.05, 0.1) is 0 Å². The van der Waals surface area contributed by atoms with E-state index < -0.39 is 0 Å². The summed E-state index contributed by atoms with van der Waals surface area (Å²) in [6, 6.07) is 10.9. The quantitative estimate of drug-likeness (QED) is 0.387. The third-order valence-electron chi connectivity index (χ3n) is 3.04. The van der Waals surface area contributed by atoms with E-state index in [2.05, 4.69) is 55.9 Å². The molecule has 0 aliphatic rings. The summed E-state index contributed by atoms with van der Waals surface area (Å²) in [4.78, 5) is 1.43. The highest BCUT2D eigenvalue weighted by atomic mass is 32.2. The van der Waals surface area contributed by atoms with Crippen molar-refractivity contribution in [2.45, 2.75) is 68.9 Å². The molecule has 1 rings (SSSR count). The zero-order valence-corrected chi connectivity index (χ0v) is 12.1. The summed E-state index contributed by atoms with van der Waals surface area (Å²) in [5, 5.41) is 0.819. The highest BCUT2D eigenvalue weighted by Gasteiger charge is 2.08. The van der Waals surface area contributed by atoms with E-state index in [0.717, 1.165) is 5.25 Å². The Morgan fingerprint density at radius 2 is 1.65 bits per heavy atom. The van der Waals surface area contributed by atoms with Gasteiger partial charge in [0, 0.05) is 10.1 Å². The molecule has 0 saturated carbocycles. The second-order valence-corrected chi connectivity index (χ2v) is 6.06. The first kappa shape index (κ1) is 14.6. The molecule has 0 radical (unpaired) electrons. The van der Waals surface area contributed by atoms with Crippen LogP contribution in [0.15, 0.2) is 35.2 Å². The van der Waals surface area contributed by atoms with Gasteiger partial charge >= 0.3 is 0 Å². The Hall–Kier alpha value is -0.430. The number of unbranched alkanes of at least 4 members (excludes halogenated alkanes) is 3. The van der Waals surface area contributed by atoms with Crippen molar-refractivity contribution in [3.8, 4) is 0 Å². The molecule has 0 bridgehead atoms. The minimum absolute atomic E-state index is 0.819. The van der Waals surface area contributed by atoms with Crippen molar-refractivity contribution in [2.24, 2.45) is 0 Å². The SMILES string of the molecule is CCCCCCC(CCC)Sc1ccccc1. The van der Waals surface area contributed by atoms with Crippen LogP contribution in [0.5, 0.6) is 0 Å². The molecule has 0 aliphatic carbocycles. The minimum Gasteiger partial charge on any atom is -0.123 e. The highest BCUT2D eigenvalue weighted by Crippen LogP contribution is 2.29. The molecule has 1 unspecified atom stereocenters. The molecule has 0 aliphatic heterocycles. The predicted molar refractivity (Wildman–Crippen MR) is 79.8 cm³/mol. The zero-order chi connectivity index (χ0) is 12.3. The lowest BCUT2D eigenvalue weighted by molar-refractivity contribution is 0.595. The third kappa shape index (κ3) is 6.78. The minimum atomic E-state index is 0.819. The van der Waals surface area contributed by atoms with Crippen molar-refractivity contribution in [1.82, 2.24) is 0 Å². The molecule has 0 amide bonds. The van der Waals surface area contributed by atoms with Crippen molar-refractivity contribution in [3.63, 3.8) is 0 Å². The summed E-state index contributed by atoms with van der Waals surface area (Å²) in [6.45, 7) is 4.58. The summed E-state index contributed by atoms with van der Waals surface area (Å²) in [6.07, 6.45) is 9.58. The smallest absolute Gasteiger partial charge is 0.00943 e. The first-order chi connectivity index (χ1) is 8.36. The molecule has 1 atom stereocenters. The van der Waals surface area contributed by atoms with Crippen LogP contribution in [-0.2, 0) is 0 Å². The van der Waals surface area contributed by atoms with Crippen molar-refractivity contribution >= 4 is 11.8 Å². The fraction of sp³-hybridized carbons (Fsp3) is 0.625. The third-order valence-corrected chi connectivity index (χ3v) is 4.39. The average molecular weight is 250 g/mol. The maximum absolute atomic E-state index is 2.30. The Balaban J connectivity index is 2.32. The van der Waals surface area contributed by atoms with Crippen LogP contribution in [0.25, 0.3) is 0 Å². The molecule has 0 saturated heterocycles. The molecule has 0 heterocycles. The zero-order valence-electron chi connectivity index (χ0n) is 11.3. The first-order valence-corrected chi connectivity index (χ1v) is 7.96. The molecule has 1 heteroatoms. The normalized spacial score (nSPS) is 12.6. The van der Waals surface area contributed by atoms with Crippen molar-refractivity contribution in [3.05, 3.63) is 30.3 Å². The van der Waals surface area contributed by atoms with Gasteiger partial charge in [0.15, 0.2) is 0 Å². The molecule has 0 spiro atoms. The highest BCUT2D eigenvalue weighted by molar-refractivity contribution is 8.00. The van der Waals surface area contributed by atoms with Crippen LogP contribution in [0, 0.1) is 0 Å². The summed E-state index contributed by atoms with van der Waals surface area (Å²) in [5.41, 5.74) is 0. The van der Waals surface area contributed by atoms with Gasteiger partial charge in [0.1, 0.15) is 0 Å². The van der Waals surface area contributed by atoms with Gasteiger partial charge in [-0.15, -0.1) is 11.8 Å². The summed E-state index contributed by atoms with van der Waals surface area (Å²) in [5.74, 6) is 0. The fourth-order valence-electron chi connectivity index (χ4n) is 2.07. The van der Waals surface area contributed by atoms with Crippen molar-refractivity contribution in [2.75, 3.05) is 0 Å². The van der Waals surface area contributed by atoms with E-state index in [1.165, 1.54) is 49.8 Å². The fourth-order valence-corrected chi connectivity index (χ4v) is 3.41. The van der Waals surface area contributed by atoms with Crippen LogP contribution in [0.2, 0.25) is 0 Å². The van der Waals surface area contributed by atoms with Crippen LogP contribution in [0.3, 0.4) is 0 Å². The van der Waals surface area contributed by atoms with Crippen LogP contribution in [0.4, 0.5) is 0 Å². The summed E-state index contributed by atoms with van der Waals surface area (Å²) in [7, 11) is 0. The van der Waals surface area contributed by atoms with Gasteiger partial charge in [-0.25, -0.2) is 0 Å². The van der Waals surface area contributed by atoms with E-state index in [0.29, 0.717) is 0 Å². The molecule has 0 N–H and O–H groups in total. The van der Waals surface area contributed by atoms with Gasteiger partial charge in [-0.1, -0.05) is 64.2 Å². The van der Waals surface area contributed by atoms with E-state index in [-0.39, 0.29) is 0 Å². The number of benzene rings is 1. The van der Waals surface area contributed by atoms with Crippen molar-refractivity contribution < 1.29 is 0 Å². The molecule has 96 valence electrons. The molecule has 0 aromatic heterocycles. The van der Waals surface area contributed by atoms with Gasteiger partial charge in [-0.2, -0.15) is 0 Å². The van der Waals surface area contributed by atoms with Gasteiger partial charge in [-0.3, -0.25) is 0 Å². The van der Waals surface area contributed by atoms with Gasteiger partial charge < -0.3 is 0 Å². The first-order valence-electron chi connectivity index (χ1n) is 7.08. The summed E-state index contributed by atoms with van der Waals surface area (Å²) < 4.78 is 0. The standard InChI is InChI=1S/C16H26S/c1-3-5-6-8-12-15(11-4-2)17-16-13-9-7-10-14-16/h7,9-10,13-15H,3-6,8,11-12H2,1-2H3. The Morgan fingerprint density at radius 3 is 2.29 bits per heavy atom. The Morgan fingerprint density at radius 1 is 0.882 bits per heavy atom. The largest absolute Gasteiger partial charge is 0.123 e. The van der Waals surface area contributed by atoms with E-state index >= 15 is 0 Å². The number of hydrogen-bond acceptors (Lipinski definition) is 1. The topological polar surface area (TPSA) is 0 Å². The molecule has 1 aromatic carbocycles. The number of thioether (sulfide) groups is 1. The number of rotatable bonds is 9. The molecular weight excluding hydrogens is 224 g/mol. The Labute approximate surface area is 111 Å². The van der Waals surface area contributed by atoms with E-state index in [1.54, 1.807) is 0 Å². The second-order valence-electron chi connectivity index (χ2n) is 4.69. The maximum atomic E-state index is 2.30. The Kier molecular flexibility index (Phi) is 8.25. The lowest BCUT2D eigenvalue weighted by atomic mass is 10.1. The molecule has 0 fully saturated rings. The van der Waals surface area contributed by atoms with Crippen molar-refractivity contribution in [1.29, 1.82) is 0 Å². The summed E-state index contributed by atoms with van der Waals surface area (Å²) >= 11 is 2.07. The van der Waals surface area contributed by atoms with E-state index in [1.807, 2.05) is 0 Å².